The summed E-state index contributed by atoms with van der Waals surface area (Å²) in [5.41, 5.74) is 3.49. The van der Waals surface area contributed by atoms with Gasteiger partial charge in [-0.2, -0.15) is 4.68 Å². The van der Waals surface area contributed by atoms with Crippen molar-refractivity contribution in [2.24, 2.45) is 0 Å². The summed E-state index contributed by atoms with van der Waals surface area (Å²) in [6.07, 6.45) is 0. The summed E-state index contributed by atoms with van der Waals surface area (Å²) in [5.74, 6) is 0.229. The average molecular weight is 367 g/mol. The topological polar surface area (TPSA) is 93.2 Å². The third kappa shape index (κ3) is 3.92. The summed E-state index contributed by atoms with van der Waals surface area (Å²) < 4.78 is 6.27. The molecule has 0 radical (unpaired) electrons. The van der Waals surface area contributed by atoms with Crippen molar-refractivity contribution in [3.63, 3.8) is 0 Å². The van der Waals surface area contributed by atoms with Crippen LogP contribution in [0.2, 0.25) is 0 Å². The van der Waals surface area contributed by atoms with E-state index in [1.807, 2.05) is 39.0 Å². The minimum Gasteiger partial charge on any atom is -0.483 e. The van der Waals surface area contributed by atoms with Crippen LogP contribution in [0.3, 0.4) is 0 Å². The van der Waals surface area contributed by atoms with Crippen LogP contribution in [0.5, 0.6) is 5.75 Å². The number of aromatic nitrogens is 2. The van der Waals surface area contributed by atoms with Crippen molar-refractivity contribution >= 4 is 16.8 Å². The highest BCUT2D eigenvalue weighted by Crippen LogP contribution is 2.27. The average Bonchev–Trinajstić information content (AvgIpc) is 2.64. The van der Waals surface area contributed by atoms with Gasteiger partial charge in [0.25, 0.3) is 11.5 Å². The molecule has 140 valence electrons. The molecule has 1 heterocycles. The monoisotopic (exact) mass is 367 g/mol. The Kier molecular flexibility index (Phi) is 5.12. The molecule has 0 saturated heterocycles. The van der Waals surface area contributed by atoms with Gasteiger partial charge in [-0.3, -0.25) is 15.0 Å². The first kappa shape index (κ1) is 18.4. The number of hydrogen-bond donors (Lipinski definition) is 2. The molecule has 3 rings (SSSR count). The predicted octanol–water partition coefficient (Wildman–Crippen LogP) is 2.27. The van der Waals surface area contributed by atoms with E-state index in [1.54, 1.807) is 24.3 Å². The highest BCUT2D eigenvalue weighted by molar-refractivity contribution is 5.85. The Balaban J connectivity index is 1.79. The molecular formula is C20H21N3O4. The molecule has 7 nitrogen and oxygen atoms in total. The van der Waals surface area contributed by atoms with Crippen molar-refractivity contribution in [2.75, 3.05) is 12.0 Å². The first-order chi connectivity index (χ1) is 12.9. The van der Waals surface area contributed by atoms with Gasteiger partial charge in [-0.1, -0.05) is 43.7 Å². The SMILES string of the molecule is Cc1ccc(OCC(=O)Nn2c(=O)[nH]c3ccccc3c2=O)c(C(C)C)c1. The molecular weight excluding hydrogens is 346 g/mol. The fraction of sp³-hybridized carbons (Fsp3) is 0.250. The summed E-state index contributed by atoms with van der Waals surface area (Å²) in [6.45, 7) is 5.74. The summed E-state index contributed by atoms with van der Waals surface area (Å²) in [7, 11) is 0. The van der Waals surface area contributed by atoms with E-state index in [9.17, 15) is 14.4 Å². The molecule has 2 aromatic carbocycles. The highest BCUT2D eigenvalue weighted by Gasteiger charge is 2.13. The van der Waals surface area contributed by atoms with Gasteiger partial charge in [0.15, 0.2) is 6.61 Å². The number of amides is 1. The number of para-hydroxylation sites is 1. The van der Waals surface area contributed by atoms with E-state index >= 15 is 0 Å². The maximum absolute atomic E-state index is 12.4. The fourth-order valence-corrected chi connectivity index (χ4v) is 2.81. The number of nitrogens with one attached hydrogen (secondary N) is 2. The molecule has 1 amide bonds. The normalized spacial score (nSPS) is 11.0. The van der Waals surface area contributed by atoms with Crippen LogP contribution < -0.4 is 21.4 Å². The molecule has 7 heteroatoms. The van der Waals surface area contributed by atoms with Crippen LogP contribution in [-0.4, -0.2) is 22.2 Å². The van der Waals surface area contributed by atoms with E-state index in [0.717, 1.165) is 11.1 Å². The third-order valence-corrected chi connectivity index (χ3v) is 4.19. The Bertz CT molecular complexity index is 1110. The van der Waals surface area contributed by atoms with E-state index in [-0.39, 0.29) is 12.5 Å². The van der Waals surface area contributed by atoms with Crippen molar-refractivity contribution in [2.45, 2.75) is 26.7 Å². The lowest BCUT2D eigenvalue weighted by atomic mass is 10.00. The summed E-state index contributed by atoms with van der Waals surface area (Å²) in [4.78, 5) is 39.3. The highest BCUT2D eigenvalue weighted by atomic mass is 16.5. The van der Waals surface area contributed by atoms with Crippen LogP contribution in [0.1, 0.15) is 30.9 Å². The van der Waals surface area contributed by atoms with E-state index in [0.29, 0.717) is 21.3 Å². The summed E-state index contributed by atoms with van der Waals surface area (Å²) in [6, 6.07) is 12.3. The van der Waals surface area contributed by atoms with Crippen LogP contribution in [-0.2, 0) is 4.79 Å². The molecule has 0 aliphatic heterocycles. The third-order valence-electron chi connectivity index (χ3n) is 4.19. The van der Waals surface area contributed by atoms with Crippen molar-refractivity contribution in [3.05, 3.63) is 74.4 Å². The van der Waals surface area contributed by atoms with Crippen LogP contribution >= 0.6 is 0 Å². The van der Waals surface area contributed by atoms with Gasteiger partial charge in [0.05, 0.1) is 10.9 Å². The lowest BCUT2D eigenvalue weighted by Gasteiger charge is -2.15. The number of carbonyl (C=O) groups is 1. The Morgan fingerprint density at radius 1 is 1.19 bits per heavy atom. The second-order valence-corrected chi connectivity index (χ2v) is 6.64. The van der Waals surface area contributed by atoms with Crippen LogP contribution in [0.25, 0.3) is 10.9 Å². The first-order valence-corrected chi connectivity index (χ1v) is 8.64. The molecule has 0 atom stereocenters. The second-order valence-electron chi connectivity index (χ2n) is 6.64. The van der Waals surface area contributed by atoms with Gasteiger partial charge in [0.2, 0.25) is 0 Å². The molecule has 0 bridgehead atoms. The second kappa shape index (κ2) is 7.49. The number of H-pyrrole nitrogens is 1. The molecule has 0 aliphatic rings. The molecule has 0 spiro atoms. The van der Waals surface area contributed by atoms with Gasteiger partial charge in [-0.25, -0.2) is 4.79 Å². The van der Waals surface area contributed by atoms with Crippen LogP contribution in [0.15, 0.2) is 52.1 Å². The lowest BCUT2D eigenvalue weighted by molar-refractivity contribution is -0.119. The maximum atomic E-state index is 12.4. The standard InChI is InChI=1S/C20H21N3O4/c1-12(2)15-10-13(3)8-9-17(15)27-11-18(24)22-23-19(25)14-6-4-5-7-16(14)21-20(23)26/h4-10,12H,11H2,1-3H3,(H,21,26)(H,22,24). The van der Waals surface area contributed by atoms with Crippen LogP contribution in [0, 0.1) is 6.92 Å². The molecule has 27 heavy (non-hydrogen) atoms. The number of carbonyl (C=O) groups excluding carboxylic acids is 1. The molecule has 2 N–H and O–H groups in total. The smallest absolute Gasteiger partial charge is 0.348 e. The van der Waals surface area contributed by atoms with E-state index in [4.69, 9.17) is 4.74 Å². The number of aromatic amines is 1. The number of hydrogen-bond acceptors (Lipinski definition) is 4. The van der Waals surface area contributed by atoms with Gasteiger partial charge in [-0.15, -0.1) is 0 Å². The van der Waals surface area contributed by atoms with Gasteiger partial charge in [0, 0.05) is 0 Å². The molecule has 3 aromatic rings. The number of nitrogens with zero attached hydrogens (tertiary/aromatic N) is 1. The van der Waals surface area contributed by atoms with E-state index < -0.39 is 17.2 Å². The Hall–Kier alpha value is -3.35. The predicted molar refractivity (Wildman–Crippen MR) is 104 cm³/mol. The van der Waals surface area contributed by atoms with Crippen LogP contribution in [0.4, 0.5) is 0 Å². The Morgan fingerprint density at radius 3 is 2.67 bits per heavy atom. The van der Waals surface area contributed by atoms with Gasteiger partial charge in [0.1, 0.15) is 5.75 Å². The molecule has 0 saturated carbocycles. The van der Waals surface area contributed by atoms with Crippen molar-refractivity contribution in [3.8, 4) is 5.75 Å². The maximum Gasteiger partial charge on any atom is 0.348 e. The van der Waals surface area contributed by atoms with Gasteiger partial charge >= 0.3 is 5.69 Å². The Morgan fingerprint density at radius 2 is 1.93 bits per heavy atom. The molecule has 0 unspecified atom stereocenters. The zero-order valence-corrected chi connectivity index (χ0v) is 15.4. The first-order valence-electron chi connectivity index (χ1n) is 8.64. The van der Waals surface area contributed by atoms with Gasteiger partial charge < -0.3 is 9.72 Å². The zero-order chi connectivity index (χ0) is 19.6. The van der Waals surface area contributed by atoms with Crippen molar-refractivity contribution in [1.82, 2.24) is 9.66 Å². The Labute approximate surface area is 155 Å². The molecule has 0 fully saturated rings. The minimum atomic E-state index is -0.717. The molecule has 0 aliphatic carbocycles. The van der Waals surface area contributed by atoms with E-state index in [1.165, 1.54) is 0 Å². The summed E-state index contributed by atoms with van der Waals surface area (Å²) >= 11 is 0. The van der Waals surface area contributed by atoms with E-state index in [2.05, 4.69) is 10.4 Å². The lowest BCUT2D eigenvalue weighted by Crippen LogP contribution is -2.44. The summed E-state index contributed by atoms with van der Waals surface area (Å²) in [5, 5.41) is 0.305. The van der Waals surface area contributed by atoms with Gasteiger partial charge in [-0.05, 0) is 36.6 Å². The quantitative estimate of drug-likeness (QED) is 0.723. The largest absolute Gasteiger partial charge is 0.483 e. The zero-order valence-electron chi connectivity index (χ0n) is 15.4. The minimum absolute atomic E-state index is 0.230. The van der Waals surface area contributed by atoms with Crippen molar-refractivity contribution < 1.29 is 9.53 Å². The number of aryl methyl sites for hydroxylation is 1. The number of benzene rings is 2. The molecule has 1 aromatic heterocycles. The number of fused-ring (bicyclic) bond motifs is 1. The van der Waals surface area contributed by atoms with Crippen molar-refractivity contribution in [1.29, 1.82) is 0 Å². The number of ether oxygens (including phenoxy) is 1. The fourth-order valence-electron chi connectivity index (χ4n) is 2.81. The number of rotatable bonds is 5.